The number of amides is 3. The molecule has 4 N–H and O–H groups in total. The van der Waals surface area contributed by atoms with Gasteiger partial charge in [-0.05, 0) is 28.1 Å². The Labute approximate surface area is 116 Å². The number of carbonyl (C=O) groups excluding carboxylic acids is 2. The number of benzene rings is 1. The number of halogens is 3. The number of urea groups is 1. The Morgan fingerprint density at radius 1 is 1.29 bits per heavy atom. The SMILES string of the molecule is NC(=O)NC(=O)CNc1ccc(Br)c(Cl)c1Cl. The minimum atomic E-state index is -0.906. The van der Waals surface area contributed by atoms with Crippen LogP contribution in [-0.4, -0.2) is 18.5 Å². The number of hydrogen-bond donors (Lipinski definition) is 3. The zero-order chi connectivity index (χ0) is 13.0. The van der Waals surface area contributed by atoms with Gasteiger partial charge in [-0.25, -0.2) is 4.79 Å². The van der Waals surface area contributed by atoms with Crippen molar-refractivity contribution in [2.75, 3.05) is 11.9 Å². The van der Waals surface area contributed by atoms with E-state index < -0.39 is 11.9 Å². The first-order valence-corrected chi connectivity index (χ1v) is 5.93. The molecule has 0 spiro atoms. The van der Waals surface area contributed by atoms with Crippen molar-refractivity contribution in [3.63, 3.8) is 0 Å². The van der Waals surface area contributed by atoms with Gasteiger partial charge in [-0.1, -0.05) is 23.2 Å². The molecule has 17 heavy (non-hydrogen) atoms. The van der Waals surface area contributed by atoms with Crippen molar-refractivity contribution in [1.29, 1.82) is 0 Å². The molecule has 1 aromatic carbocycles. The predicted octanol–water partition coefficient (Wildman–Crippen LogP) is 2.36. The average Bonchev–Trinajstić information content (AvgIpc) is 2.24. The fourth-order valence-electron chi connectivity index (χ4n) is 1.02. The maximum Gasteiger partial charge on any atom is 0.318 e. The fraction of sp³-hybridized carbons (Fsp3) is 0.111. The molecule has 0 unspecified atom stereocenters. The zero-order valence-corrected chi connectivity index (χ0v) is 11.5. The van der Waals surface area contributed by atoms with Gasteiger partial charge in [-0.2, -0.15) is 0 Å². The molecular weight excluding hydrogens is 333 g/mol. The second-order valence-corrected chi connectivity index (χ2v) is 4.60. The Morgan fingerprint density at radius 3 is 2.53 bits per heavy atom. The largest absolute Gasteiger partial charge is 0.375 e. The number of carbonyl (C=O) groups is 2. The third-order valence-corrected chi connectivity index (χ3v) is 3.51. The lowest BCUT2D eigenvalue weighted by Crippen LogP contribution is -2.38. The summed E-state index contributed by atoms with van der Waals surface area (Å²) >= 11 is 15.0. The molecule has 1 aromatic rings. The molecule has 8 heteroatoms. The Balaban J connectivity index is 2.67. The number of primary amides is 1. The molecule has 0 aliphatic rings. The van der Waals surface area contributed by atoms with E-state index in [4.69, 9.17) is 28.9 Å². The Hall–Kier alpha value is -0.980. The standard InChI is InChI=1S/C9H8BrCl2N3O2/c10-4-1-2-5(8(12)7(4)11)14-3-6(16)15-9(13)17/h1-2,14H,3H2,(H3,13,15,16,17). The van der Waals surface area contributed by atoms with Crippen LogP contribution in [0.25, 0.3) is 0 Å². The van der Waals surface area contributed by atoms with Crippen molar-refractivity contribution in [3.05, 3.63) is 26.7 Å². The molecule has 0 saturated carbocycles. The van der Waals surface area contributed by atoms with E-state index in [1.165, 1.54) is 0 Å². The summed E-state index contributed by atoms with van der Waals surface area (Å²) in [6.45, 7) is -0.138. The van der Waals surface area contributed by atoms with Crippen LogP contribution in [0.15, 0.2) is 16.6 Å². The van der Waals surface area contributed by atoms with E-state index in [-0.39, 0.29) is 11.6 Å². The van der Waals surface area contributed by atoms with E-state index >= 15 is 0 Å². The summed E-state index contributed by atoms with van der Waals surface area (Å²) in [4.78, 5) is 21.5. The summed E-state index contributed by atoms with van der Waals surface area (Å²) in [5, 5.41) is 5.26. The summed E-state index contributed by atoms with van der Waals surface area (Å²) in [5.74, 6) is -0.562. The predicted molar refractivity (Wildman–Crippen MR) is 70.4 cm³/mol. The highest BCUT2D eigenvalue weighted by Crippen LogP contribution is 2.35. The molecule has 0 atom stereocenters. The van der Waals surface area contributed by atoms with E-state index in [2.05, 4.69) is 21.2 Å². The second kappa shape index (κ2) is 6.09. The van der Waals surface area contributed by atoms with Gasteiger partial charge in [0.1, 0.15) is 0 Å². The maximum atomic E-state index is 11.1. The molecular formula is C9H8BrCl2N3O2. The minimum absolute atomic E-state index is 0.138. The first kappa shape index (κ1) is 14.1. The van der Waals surface area contributed by atoms with E-state index in [9.17, 15) is 9.59 Å². The van der Waals surface area contributed by atoms with Gasteiger partial charge < -0.3 is 11.1 Å². The number of nitrogens with one attached hydrogen (secondary N) is 2. The lowest BCUT2D eigenvalue weighted by Gasteiger charge is -2.09. The lowest BCUT2D eigenvalue weighted by atomic mass is 10.3. The van der Waals surface area contributed by atoms with Crippen molar-refractivity contribution in [3.8, 4) is 0 Å². The molecule has 0 saturated heterocycles. The van der Waals surface area contributed by atoms with Gasteiger partial charge in [-0.15, -0.1) is 0 Å². The van der Waals surface area contributed by atoms with Crippen LogP contribution in [0.1, 0.15) is 0 Å². The van der Waals surface area contributed by atoms with Crippen molar-refractivity contribution in [1.82, 2.24) is 5.32 Å². The van der Waals surface area contributed by atoms with Crippen LogP contribution < -0.4 is 16.4 Å². The van der Waals surface area contributed by atoms with Crippen LogP contribution in [0.4, 0.5) is 10.5 Å². The maximum absolute atomic E-state index is 11.1. The second-order valence-electron chi connectivity index (χ2n) is 2.99. The molecule has 0 aliphatic carbocycles. The van der Waals surface area contributed by atoms with Crippen LogP contribution in [0, 0.1) is 0 Å². The highest BCUT2D eigenvalue weighted by Gasteiger charge is 2.10. The zero-order valence-electron chi connectivity index (χ0n) is 8.39. The van der Waals surface area contributed by atoms with E-state index in [0.29, 0.717) is 15.2 Å². The minimum Gasteiger partial charge on any atom is -0.375 e. The summed E-state index contributed by atoms with van der Waals surface area (Å²) in [6, 6.07) is 2.43. The van der Waals surface area contributed by atoms with Gasteiger partial charge in [0.15, 0.2) is 0 Å². The third kappa shape index (κ3) is 4.07. The Bertz CT molecular complexity index is 468. The topological polar surface area (TPSA) is 84.2 Å². The van der Waals surface area contributed by atoms with Gasteiger partial charge in [0.25, 0.3) is 0 Å². The summed E-state index contributed by atoms with van der Waals surface area (Å²) in [7, 11) is 0. The van der Waals surface area contributed by atoms with E-state index in [1.54, 1.807) is 12.1 Å². The molecule has 3 amide bonds. The van der Waals surface area contributed by atoms with Crippen LogP contribution in [-0.2, 0) is 4.79 Å². The van der Waals surface area contributed by atoms with Crippen LogP contribution >= 0.6 is 39.1 Å². The van der Waals surface area contributed by atoms with Crippen molar-refractivity contribution in [2.24, 2.45) is 5.73 Å². The number of nitrogens with two attached hydrogens (primary N) is 1. The van der Waals surface area contributed by atoms with Gasteiger partial charge in [0.05, 0.1) is 22.3 Å². The molecule has 1 rings (SSSR count). The first-order chi connectivity index (χ1) is 7.91. The van der Waals surface area contributed by atoms with Gasteiger partial charge in [0.2, 0.25) is 5.91 Å². The molecule has 0 heterocycles. The number of hydrogen-bond acceptors (Lipinski definition) is 3. The highest BCUT2D eigenvalue weighted by molar-refractivity contribution is 9.10. The quantitative estimate of drug-likeness (QED) is 0.738. The molecule has 92 valence electrons. The van der Waals surface area contributed by atoms with E-state index in [0.717, 1.165) is 0 Å². The first-order valence-electron chi connectivity index (χ1n) is 4.38. The van der Waals surface area contributed by atoms with Gasteiger partial charge >= 0.3 is 6.03 Å². The number of rotatable bonds is 3. The van der Waals surface area contributed by atoms with E-state index in [1.807, 2.05) is 5.32 Å². The Kier molecular flexibility index (Phi) is 5.04. The van der Waals surface area contributed by atoms with Crippen molar-refractivity contribution >= 4 is 56.8 Å². The average molecular weight is 341 g/mol. The summed E-state index contributed by atoms with van der Waals surface area (Å²) in [5.41, 5.74) is 5.27. The molecule has 0 aliphatic heterocycles. The number of anilines is 1. The molecule has 5 nitrogen and oxygen atoms in total. The lowest BCUT2D eigenvalue weighted by molar-refractivity contribution is -0.118. The smallest absolute Gasteiger partial charge is 0.318 e. The Morgan fingerprint density at radius 2 is 1.94 bits per heavy atom. The van der Waals surface area contributed by atoms with Gasteiger partial charge in [0, 0.05) is 4.47 Å². The molecule has 0 aromatic heterocycles. The third-order valence-electron chi connectivity index (χ3n) is 1.74. The highest BCUT2D eigenvalue weighted by atomic mass is 79.9. The van der Waals surface area contributed by atoms with Crippen molar-refractivity contribution in [2.45, 2.75) is 0 Å². The molecule has 0 fully saturated rings. The number of imide groups is 1. The van der Waals surface area contributed by atoms with Crippen LogP contribution in [0.3, 0.4) is 0 Å². The molecule has 0 bridgehead atoms. The fourth-order valence-corrected chi connectivity index (χ4v) is 1.86. The molecule has 0 radical (unpaired) electrons. The van der Waals surface area contributed by atoms with Gasteiger partial charge in [-0.3, -0.25) is 10.1 Å². The monoisotopic (exact) mass is 339 g/mol. The normalized spacial score (nSPS) is 9.82. The summed E-state index contributed by atoms with van der Waals surface area (Å²) < 4.78 is 0.649. The van der Waals surface area contributed by atoms with Crippen LogP contribution in [0.5, 0.6) is 0 Å². The van der Waals surface area contributed by atoms with Crippen molar-refractivity contribution < 1.29 is 9.59 Å². The van der Waals surface area contributed by atoms with Crippen LogP contribution in [0.2, 0.25) is 10.0 Å². The summed E-state index contributed by atoms with van der Waals surface area (Å²) in [6.07, 6.45) is 0.